The molecule has 0 heterocycles. The number of ether oxygens (including phenoxy) is 2. The number of carbonyl (C=O) groups is 1. The number of carbonyl (C=O) groups excluding carboxylic acids is 1. The van der Waals surface area contributed by atoms with E-state index >= 15 is 0 Å². The largest absolute Gasteiger partial charge is 0.494 e. The maximum Gasteiger partial charge on any atom is 0.306 e. The van der Waals surface area contributed by atoms with Crippen molar-refractivity contribution in [2.75, 3.05) is 6.61 Å². The van der Waals surface area contributed by atoms with Gasteiger partial charge in [-0.1, -0.05) is 134 Å². The van der Waals surface area contributed by atoms with E-state index in [2.05, 4.69) is 62.4 Å². The SMILES string of the molecule is CCCCCCCCCCOc1ccc(-c2ccc(C(C)OC(=O)CCCCCCCCC)cc2)cc1. The van der Waals surface area contributed by atoms with Gasteiger partial charge in [-0.05, 0) is 48.6 Å². The first-order valence-electron chi connectivity index (χ1n) is 15.2. The van der Waals surface area contributed by atoms with Crippen LogP contribution in [-0.2, 0) is 9.53 Å². The minimum absolute atomic E-state index is 0.0901. The van der Waals surface area contributed by atoms with Gasteiger partial charge in [0.25, 0.3) is 0 Å². The molecule has 0 fully saturated rings. The molecule has 1 unspecified atom stereocenters. The van der Waals surface area contributed by atoms with Gasteiger partial charge in [-0.15, -0.1) is 0 Å². The molecular weight excluding hydrogens is 456 g/mol. The highest BCUT2D eigenvalue weighted by molar-refractivity contribution is 5.70. The number of unbranched alkanes of at least 4 members (excludes halogenated alkanes) is 13. The second-order valence-electron chi connectivity index (χ2n) is 10.5. The van der Waals surface area contributed by atoms with Crippen LogP contribution in [0.4, 0.5) is 0 Å². The summed E-state index contributed by atoms with van der Waals surface area (Å²) in [5, 5.41) is 0. The summed E-state index contributed by atoms with van der Waals surface area (Å²) in [5.74, 6) is 0.845. The average Bonchev–Trinajstić information content (AvgIpc) is 2.92. The molecule has 3 nitrogen and oxygen atoms in total. The molecule has 0 spiro atoms. The number of benzene rings is 2. The molecule has 0 radical (unpaired) electrons. The first-order chi connectivity index (χ1) is 18.1. The van der Waals surface area contributed by atoms with Crippen LogP contribution in [0.25, 0.3) is 11.1 Å². The van der Waals surface area contributed by atoms with Crippen LogP contribution < -0.4 is 4.74 Å². The van der Waals surface area contributed by atoms with Gasteiger partial charge in [0.15, 0.2) is 0 Å². The van der Waals surface area contributed by atoms with Gasteiger partial charge in [0.1, 0.15) is 11.9 Å². The summed E-state index contributed by atoms with van der Waals surface area (Å²) >= 11 is 0. The summed E-state index contributed by atoms with van der Waals surface area (Å²) in [4.78, 5) is 12.2. The topological polar surface area (TPSA) is 35.5 Å². The lowest BCUT2D eigenvalue weighted by Crippen LogP contribution is -2.08. The van der Waals surface area contributed by atoms with Crippen molar-refractivity contribution < 1.29 is 14.3 Å². The van der Waals surface area contributed by atoms with Crippen molar-refractivity contribution in [3.05, 3.63) is 54.1 Å². The quantitative estimate of drug-likeness (QED) is 0.124. The van der Waals surface area contributed by atoms with E-state index in [-0.39, 0.29) is 12.1 Å². The van der Waals surface area contributed by atoms with E-state index in [4.69, 9.17) is 9.47 Å². The zero-order valence-corrected chi connectivity index (χ0v) is 23.9. The normalized spacial score (nSPS) is 11.9. The van der Waals surface area contributed by atoms with Crippen LogP contribution in [0.1, 0.15) is 135 Å². The van der Waals surface area contributed by atoms with Gasteiger partial charge >= 0.3 is 5.97 Å². The van der Waals surface area contributed by atoms with Crippen LogP contribution >= 0.6 is 0 Å². The molecular formula is C34H52O3. The summed E-state index contributed by atoms with van der Waals surface area (Å²) in [7, 11) is 0. The third kappa shape index (κ3) is 13.7. The fourth-order valence-corrected chi connectivity index (χ4v) is 4.67. The van der Waals surface area contributed by atoms with Crippen LogP contribution in [0.2, 0.25) is 0 Å². The van der Waals surface area contributed by atoms with Crippen LogP contribution in [0.5, 0.6) is 5.75 Å². The average molecular weight is 509 g/mol. The van der Waals surface area contributed by atoms with Gasteiger partial charge < -0.3 is 9.47 Å². The molecule has 2 aromatic carbocycles. The van der Waals surface area contributed by atoms with Crippen molar-refractivity contribution in [2.45, 2.75) is 130 Å². The number of rotatable bonds is 21. The molecule has 0 N–H and O–H groups in total. The molecule has 0 saturated carbocycles. The summed E-state index contributed by atoms with van der Waals surface area (Å²) < 4.78 is 11.6. The highest BCUT2D eigenvalue weighted by atomic mass is 16.5. The lowest BCUT2D eigenvalue weighted by atomic mass is 10.0. The Labute approximate surface area is 227 Å². The molecule has 0 aromatic heterocycles. The maximum atomic E-state index is 12.2. The molecule has 0 amide bonds. The number of hydrogen-bond donors (Lipinski definition) is 0. The van der Waals surface area contributed by atoms with Crippen molar-refractivity contribution in [2.24, 2.45) is 0 Å². The second kappa shape index (κ2) is 19.8. The molecule has 3 heteroatoms. The predicted molar refractivity (Wildman–Crippen MR) is 157 cm³/mol. The zero-order chi connectivity index (χ0) is 26.6. The van der Waals surface area contributed by atoms with Crippen molar-refractivity contribution >= 4 is 5.97 Å². The van der Waals surface area contributed by atoms with Gasteiger partial charge in [0.05, 0.1) is 6.61 Å². The van der Waals surface area contributed by atoms with Crippen LogP contribution in [0.3, 0.4) is 0 Å². The van der Waals surface area contributed by atoms with Gasteiger partial charge in [-0.25, -0.2) is 0 Å². The third-order valence-electron chi connectivity index (χ3n) is 7.13. The van der Waals surface area contributed by atoms with Gasteiger partial charge in [-0.2, -0.15) is 0 Å². The highest BCUT2D eigenvalue weighted by Crippen LogP contribution is 2.26. The highest BCUT2D eigenvalue weighted by Gasteiger charge is 2.12. The molecule has 1 atom stereocenters. The van der Waals surface area contributed by atoms with Gasteiger partial charge in [-0.3, -0.25) is 4.79 Å². The Morgan fingerprint density at radius 2 is 1.08 bits per heavy atom. The van der Waals surface area contributed by atoms with Crippen molar-refractivity contribution in [3.8, 4) is 16.9 Å². The Kier molecular flexibility index (Phi) is 16.5. The Hall–Kier alpha value is -2.29. The summed E-state index contributed by atoms with van der Waals surface area (Å²) in [6.07, 6.45) is 19.2. The monoisotopic (exact) mass is 508 g/mol. The molecule has 0 aliphatic carbocycles. The molecule has 0 saturated heterocycles. The number of hydrogen-bond acceptors (Lipinski definition) is 3. The summed E-state index contributed by atoms with van der Waals surface area (Å²) in [5.41, 5.74) is 3.34. The summed E-state index contributed by atoms with van der Waals surface area (Å²) in [6.45, 7) is 7.24. The van der Waals surface area contributed by atoms with E-state index < -0.39 is 0 Å². The van der Waals surface area contributed by atoms with E-state index in [1.54, 1.807) is 0 Å². The second-order valence-corrected chi connectivity index (χ2v) is 10.5. The fraction of sp³-hybridized carbons (Fsp3) is 0.618. The first kappa shape index (κ1) is 30.9. The van der Waals surface area contributed by atoms with Gasteiger partial charge in [0.2, 0.25) is 0 Å². The molecule has 2 aromatic rings. The fourth-order valence-electron chi connectivity index (χ4n) is 4.67. The van der Waals surface area contributed by atoms with Crippen molar-refractivity contribution in [1.82, 2.24) is 0 Å². The zero-order valence-electron chi connectivity index (χ0n) is 23.9. The standard InChI is InChI=1S/C34H52O3/c1-4-6-8-10-12-14-16-18-28-36-33-26-24-32(25-27-33)31-22-20-30(21-23-31)29(3)37-34(35)19-17-15-13-11-9-7-5-2/h20-27,29H,4-19,28H2,1-3H3. The van der Waals surface area contributed by atoms with Crippen LogP contribution in [-0.4, -0.2) is 12.6 Å². The third-order valence-corrected chi connectivity index (χ3v) is 7.13. The Bertz CT molecular complexity index is 825. The van der Waals surface area contributed by atoms with Gasteiger partial charge in [0, 0.05) is 6.42 Å². The Morgan fingerprint density at radius 3 is 1.62 bits per heavy atom. The van der Waals surface area contributed by atoms with E-state index in [0.29, 0.717) is 6.42 Å². The molecule has 0 aliphatic heterocycles. The lowest BCUT2D eigenvalue weighted by molar-refractivity contribution is -0.148. The van der Waals surface area contributed by atoms with E-state index in [0.717, 1.165) is 48.3 Å². The minimum atomic E-state index is -0.224. The molecule has 206 valence electrons. The van der Waals surface area contributed by atoms with Crippen molar-refractivity contribution in [1.29, 1.82) is 0 Å². The van der Waals surface area contributed by atoms with Crippen molar-refractivity contribution in [3.63, 3.8) is 0 Å². The molecule has 0 bridgehead atoms. The Balaban J connectivity index is 1.65. The maximum absolute atomic E-state index is 12.2. The Morgan fingerprint density at radius 1 is 0.622 bits per heavy atom. The first-order valence-corrected chi connectivity index (χ1v) is 15.2. The predicted octanol–water partition coefficient (Wildman–Crippen LogP) is 10.6. The van der Waals surface area contributed by atoms with E-state index in [1.807, 2.05) is 6.92 Å². The lowest BCUT2D eigenvalue weighted by Gasteiger charge is -2.14. The molecule has 0 aliphatic rings. The van der Waals surface area contributed by atoms with E-state index in [1.165, 1.54) is 77.0 Å². The van der Waals surface area contributed by atoms with Crippen LogP contribution in [0, 0.1) is 0 Å². The summed E-state index contributed by atoms with van der Waals surface area (Å²) in [6, 6.07) is 16.7. The smallest absolute Gasteiger partial charge is 0.306 e. The minimum Gasteiger partial charge on any atom is -0.494 e. The number of esters is 1. The molecule has 2 rings (SSSR count). The van der Waals surface area contributed by atoms with Crippen LogP contribution in [0.15, 0.2) is 48.5 Å². The van der Waals surface area contributed by atoms with E-state index in [9.17, 15) is 4.79 Å². The molecule has 37 heavy (non-hydrogen) atoms.